The third kappa shape index (κ3) is 2.84. The van der Waals surface area contributed by atoms with E-state index in [1.54, 1.807) is 0 Å². The van der Waals surface area contributed by atoms with Gasteiger partial charge in [-0.05, 0) is 44.8 Å². The van der Waals surface area contributed by atoms with Crippen LogP contribution in [0.1, 0.15) is 44.1 Å². The second kappa shape index (κ2) is 6.18. The number of ether oxygens (including phenoxy) is 1. The summed E-state index contributed by atoms with van der Waals surface area (Å²) in [7, 11) is 2.13. The van der Waals surface area contributed by atoms with Crippen LogP contribution in [-0.2, 0) is 14.9 Å². The van der Waals surface area contributed by atoms with Crippen molar-refractivity contribution in [3.8, 4) is 0 Å². The molecular formula is C18H25NO2. The second-order valence-corrected chi connectivity index (χ2v) is 6.53. The molecule has 1 aromatic rings. The lowest BCUT2D eigenvalue weighted by molar-refractivity contribution is -0.156. The molecule has 1 unspecified atom stereocenters. The van der Waals surface area contributed by atoms with Crippen molar-refractivity contribution < 1.29 is 9.53 Å². The fourth-order valence-corrected chi connectivity index (χ4v) is 3.56. The van der Waals surface area contributed by atoms with Crippen molar-refractivity contribution in [2.45, 2.75) is 50.0 Å². The third-order valence-corrected chi connectivity index (χ3v) is 5.25. The standard InChI is InChI=1S/C18H25NO2/c1-19-13-6-5-10-16(19)14-21-17(20)18(11-7-12-18)15-8-3-2-4-9-15/h2-4,8-9,16H,5-7,10-14H2,1H3. The van der Waals surface area contributed by atoms with Crippen molar-refractivity contribution in [1.82, 2.24) is 4.90 Å². The molecule has 1 saturated heterocycles. The summed E-state index contributed by atoms with van der Waals surface area (Å²) < 4.78 is 5.73. The number of esters is 1. The van der Waals surface area contributed by atoms with Crippen LogP contribution in [0.25, 0.3) is 0 Å². The fourth-order valence-electron chi connectivity index (χ4n) is 3.56. The molecule has 0 radical (unpaired) electrons. The van der Waals surface area contributed by atoms with Crippen LogP contribution in [-0.4, -0.2) is 37.1 Å². The summed E-state index contributed by atoms with van der Waals surface area (Å²) in [6.45, 7) is 1.66. The maximum absolute atomic E-state index is 12.7. The van der Waals surface area contributed by atoms with Gasteiger partial charge in [0.2, 0.25) is 0 Å². The highest BCUT2D eigenvalue weighted by atomic mass is 16.5. The van der Waals surface area contributed by atoms with Gasteiger partial charge in [-0.15, -0.1) is 0 Å². The van der Waals surface area contributed by atoms with Crippen molar-refractivity contribution in [3.05, 3.63) is 35.9 Å². The molecule has 3 nitrogen and oxygen atoms in total. The smallest absolute Gasteiger partial charge is 0.316 e. The van der Waals surface area contributed by atoms with Crippen LogP contribution in [0.4, 0.5) is 0 Å². The van der Waals surface area contributed by atoms with Gasteiger partial charge in [-0.1, -0.05) is 43.2 Å². The SMILES string of the molecule is CN1CCCCC1COC(=O)C1(c2ccccc2)CCC1. The average Bonchev–Trinajstić information content (AvgIpc) is 2.46. The fraction of sp³-hybridized carbons (Fsp3) is 0.611. The van der Waals surface area contributed by atoms with E-state index in [2.05, 4.69) is 24.1 Å². The summed E-state index contributed by atoms with van der Waals surface area (Å²) in [5, 5.41) is 0. The van der Waals surface area contributed by atoms with E-state index in [0.29, 0.717) is 12.6 Å². The molecule has 1 atom stereocenters. The van der Waals surface area contributed by atoms with Gasteiger partial charge in [0.1, 0.15) is 6.61 Å². The average molecular weight is 287 g/mol. The molecule has 1 aliphatic carbocycles. The number of benzene rings is 1. The van der Waals surface area contributed by atoms with Crippen molar-refractivity contribution in [3.63, 3.8) is 0 Å². The predicted molar refractivity (Wildman–Crippen MR) is 83.2 cm³/mol. The number of carbonyl (C=O) groups is 1. The second-order valence-electron chi connectivity index (χ2n) is 6.53. The highest BCUT2D eigenvalue weighted by molar-refractivity contribution is 5.84. The van der Waals surface area contributed by atoms with Gasteiger partial charge in [0.15, 0.2) is 0 Å². The highest BCUT2D eigenvalue weighted by Crippen LogP contribution is 2.44. The minimum absolute atomic E-state index is 0.0149. The summed E-state index contributed by atoms with van der Waals surface area (Å²) in [6.07, 6.45) is 6.62. The Morgan fingerprint density at radius 3 is 2.62 bits per heavy atom. The van der Waals surface area contributed by atoms with Crippen LogP contribution in [0.5, 0.6) is 0 Å². The Kier molecular flexibility index (Phi) is 4.29. The molecule has 2 fully saturated rings. The lowest BCUT2D eigenvalue weighted by atomic mass is 9.64. The number of carbonyl (C=O) groups excluding carboxylic acids is 1. The summed E-state index contributed by atoms with van der Waals surface area (Å²) in [5.74, 6) is -0.0149. The molecule has 1 aliphatic heterocycles. The Hall–Kier alpha value is -1.35. The summed E-state index contributed by atoms with van der Waals surface area (Å²) in [6, 6.07) is 10.5. The first-order valence-electron chi connectivity index (χ1n) is 8.15. The molecule has 0 N–H and O–H groups in total. The minimum atomic E-state index is -0.367. The number of hydrogen-bond donors (Lipinski definition) is 0. The number of piperidine rings is 1. The topological polar surface area (TPSA) is 29.5 Å². The molecule has 1 heterocycles. The van der Waals surface area contributed by atoms with Gasteiger partial charge in [-0.2, -0.15) is 0 Å². The molecule has 0 spiro atoms. The van der Waals surface area contributed by atoms with E-state index in [4.69, 9.17) is 4.74 Å². The Morgan fingerprint density at radius 1 is 1.24 bits per heavy atom. The lowest BCUT2D eigenvalue weighted by Gasteiger charge is -2.40. The Labute approximate surface area is 127 Å². The largest absolute Gasteiger partial charge is 0.463 e. The first-order chi connectivity index (χ1) is 10.2. The number of nitrogens with zero attached hydrogens (tertiary/aromatic N) is 1. The van der Waals surface area contributed by atoms with Crippen molar-refractivity contribution in [1.29, 1.82) is 0 Å². The first kappa shape index (κ1) is 14.6. The van der Waals surface area contributed by atoms with Gasteiger partial charge >= 0.3 is 5.97 Å². The van der Waals surface area contributed by atoms with E-state index in [0.717, 1.165) is 37.8 Å². The van der Waals surface area contributed by atoms with E-state index >= 15 is 0 Å². The van der Waals surface area contributed by atoms with Crippen LogP contribution < -0.4 is 0 Å². The zero-order chi connectivity index (χ0) is 14.7. The van der Waals surface area contributed by atoms with Gasteiger partial charge in [-0.3, -0.25) is 4.79 Å². The molecule has 0 bridgehead atoms. The van der Waals surface area contributed by atoms with Crippen molar-refractivity contribution >= 4 is 5.97 Å². The molecule has 3 heteroatoms. The van der Waals surface area contributed by atoms with Gasteiger partial charge in [-0.25, -0.2) is 0 Å². The van der Waals surface area contributed by atoms with Crippen LogP contribution in [0.3, 0.4) is 0 Å². The van der Waals surface area contributed by atoms with Gasteiger partial charge in [0.05, 0.1) is 5.41 Å². The summed E-state index contributed by atoms with van der Waals surface area (Å²) in [5.41, 5.74) is 0.757. The van der Waals surface area contributed by atoms with Crippen LogP contribution in [0.15, 0.2) is 30.3 Å². The summed E-state index contributed by atoms with van der Waals surface area (Å²) >= 11 is 0. The molecule has 1 aromatic carbocycles. The highest BCUT2D eigenvalue weighted by Gasteiger charge is 2.47. The zero-order valence-corrected chi connectivity index (χ0v) is 12.9. The molecule has 3 rings (SSSR count). The zero-order valence-electron chi connectivity index (χ0n) is 12.9. The number of hydrogen-bond acceptors (Lipinski definition) is 3. The monoisotopic (exact) mass is 287 g/mol. The van der Waals surface area contributed by atoms with Crippen LogP contribution in [0, 0.1) is 0 Å². The molecule has 1 saturated carbocycles. The van der Waals surface area contributed by atoms with E-state index < -0.39 is 0 Å². The Morgan fingerprint density at radius 2 is 2.00 bits per heavy atom. The molecule has 21 heavy (non-hydrogen) atoms. The predicted octanol–water partition coefficient (Wildman–Crippen LogP) is 3.14. The lowest BCUT2D eigenvalue weighted by Crippen LogP contribution is -2.46. The van der Waals surface area contributed by atoms with Gasteiger partial charge in [0.25, 0.3) is 0 Å². The first-order valence-corrected chi connectivity index (χ1v) is 8.15. The minimum Gasteiger partial charge on any atom is -0.463 e. The number of likely N-dealkylation sites (N-methyl/N-ethyl adjacent to an activating group) is 1. The number of rotatable bonds is 4. The maximum Gasteiger partial charge on any atom is 0.316 e. The van der Waals surface area contributed by atoms with E-state index in [9.17, 15) is 4.79 Å². The molecular weight excluding hydrogens is 262 g/mol. The van der Waals surface area contributed by atoms with Crippen molar-refractivity contribution in [2.24, 2.45) is 0 Å². The van der Waals surface area contributed by atoms with E-state index in [-0.39, 0.29) is 11.4 Å². The summed E-state index contributed by atoms with van der Waals surface area (Å²) in [4.78, 5) is 15.0. The Balaban J connectivity index is 1.64. The number of likely N-dealkylation sites (tertiary alicyclic amines) is 1. The van der Waals surface area contributed by atoms with Gasteiger partial charge in [0, 0.05) is 6.04 Å². The van der Waals surface area contributed by atoms with E-state index in [1.165, 1.54) is 12.8 Å². The normalized spacial score (nSPS) is 25.1. The maximum atomic E-state index is 12.7. The molecule has 0 aromatic heterocycles. The Bertz CT molecular complexity index is 481. The molecule has 114 valence electrons. The third-order valence-electron chi connectivity index (χ3n) is 5.25. The van der Waals surface area contributed by atoms with E-state index in [1.807, 2.05) is 18.2 Å². The van der Waals surface area contributed by atoms with Gasteiger partial charge < -0.3 is 9.64 Å². The van der Waals surface area contributed by atoms with Crippen LogP contribution >= 0.6 is 0 Å². The quantitative estimate of drug-likeness (QED) is 0.797. The molecule has 2 aliphatic rings. The molecule has 0 amide bonds. The van der Waals surface area contributed by atoms with Crippen LogP contribution in [0.2, 0.25) is 0 Å². The van der Waals surface area contributed by atoms with Crippen molar-refractivity contribution in [2.75, 3.05) is 20.2 Å².